The molecule has 0 rings (SSSR count). The Morgan fingerprint density at radius 2 is 1.60 bits per heavy atom. The third-order valence-electron chi connectivity index (χ3n) is 1.14. The summed E-state index contributed by atoms with van der Waals surface area (Å²) in [4.78, 5) is 0. The van der Waals surface area contributed by atoms with Crippen LogP contribution in [0.2, 0.25) is 0 Å². The van der Waals surface area contributed by atoms with Crippen LogP contribution in [0.25, 0.3) is 0 Å². The molecule has 0 unspecified atom stereocenters. The molecule has 0 fully saturated rings. The summed E-state index contributed by atoms with van der Waals surface area (Å²) in [7, 11) is 0. The van der Waals surface area contributed by atoms with Crippen LogP contribution in [0.5, 0.6) is 0 Å². The van der Waals surface area contributed by atoms with Crippen molar-refractivity contribution in [1.29, 1.82) is 0 Å². The second-order valence-corrected chi connectivity index (χ2v) is 2.59. The van der Waals surface area contributed by atoms with Crippen LogP contribution >= 0.6 is 0 Å². The second-order valence-electron chi connectivity index (χ2n) is 2.59. The van der Waals surface area contributed by atoms with Crippen molar-refractivity contribution in [2.45, 2.75) is 53.9 Å². The first-order valence-corrected chi connectivity index (χ1v) is 4.34. The fourth-order valence-corrected chi connectivity index (χ4v) is 0.539. The van der Waals surface area contributed by atoms with E-state index in [2.05, 4.69) is 40.7 Å². The molecular weight excluding hydrogens is 120 g/mol. The molecule has 0 amide bonds. The minimum atomic E-state index is 1.25. The molecule has 0 bridgehead atoms. The Kier molecular flexibility index (Phi) is 14.3. The zero-order chi connectivity index (χ0) is 8.41. The minimum absolute atomic E-state index is 1.25. The van der Waals surface area contributed by atoms with Gasteiger partial charge >= 0.3 is 0 Å². The zero-order valence-electron chi connectivity index (χ0n) is 8.20. The molecule has 0 aromatic rings. The summed E-state index contributed by atoms with van der Waals surface area (Å²) in [6, 6.07) is 0. The summed E-state index contributed by atoms with van der Waals surface area (Å²) in [6.07, 6.45) is 5.95. The summed E-state index contributed by atoms with van der Waals surface area (Å²) in [6.45, 7) is 10.7. The highest BCUT2D eigenvalue weighted by Crippen LogP contribution is 2.00. The molecule has 0 saturated heterocycles. The van der Waals surface area contributed by atoms with Crippen LogP contribution in [0.1, 0.15) is 53.9 Å². The molecule has 0 aliphatic carbocycles. The summed E-state index contributed by atoms with van der Waals surface area (Å²) < 4.78 is 0. The lowest BCUT2D eigenvalue weighted by atomic mass is 10.2. The highest BCUT2D eigenvalue weighted by Gasteiger charge is 1.79. The Morgan fingerprint density at radius 3 is 1.70 bits per heavy atom. The monoisotopic (exact) mass is 142 g/mol. The van der Waals surface area contributed by atoms with Gasteiger partial charge in [-0.05, 0) is 20.3 Å². The van der Waals surface area contributed by atoms with Crippen molar-refractivity contribution in [3.8, 4) is 0 Å². The molecular formula is C10H22. The molecule has 0 radical (unpaired) electrons. The number of hydrogen-bond donors (Lipinski definition) is 0. The quantitative estimate of drug-likeness (QED) is 0.508. The Hall–Kier alpha value is -0.260. The average Bonchev–Trinajstić information content (AvgIpc) is 1.90. The Bertz CT molecular complexity index is 70.1. The van der Waals surface area contributed by atoms with Crippen LogP contribution in [-0.2, 0) is 0 Å². The van der Waals surface area contributed by atoms with E-state index in [0.29, 0.717) is 0 Å². The van der Waals surface area contributed by atoms with Crippen molar-refractivity contribution in [3.63, 3.8) is 0 Å². The molecule has 0 heteroatoms. The summed E-state index contributed by atoms with van der Waals surface area (Å²) in [5.74, 6) is 0. The number of hydrogen-bond acceptors (Lipinski definition) is 0. The van der Waals surface area contributed by atoms with E-state index in [1.807, 2.05) is 0 Å². The molecule has 0 saturated carbocycles. The van der Waals surface area contributed by atoms with Gasteiger partial charge in [0.25, 0.3) is 0 Å². The van der Waals surface area contributed by atoms with Crippen LogP contribution in [0.4, 0.5) is 0 Å². The lowest BCUT2D eigenvalue weighted by molar-refractivity contribution is 0.903. The van der Waals surface area contributed by atoms with Crippen molar-refractivity contribution in [2.24, 2.45) is 0 Å². The van der Waals surface area contributed by atoms with Crippen LogP contribution in [0, 0.1) is 0 Å². The van der Waals surface area contributed by atoms with Gasteiger partial charge in [0, 0.05) is 0 Å². The van der Waals surface area contributed by atoms with E-state index >= 15 is 0 Å². The first kappa shape index (κ1) is 12.4. The van der Waals surface area contributed by atoms with E-state index in [1.54, 1.807) is 0 Å². The van der Waals surface area contributed by atoms with Crippen LogP contribution < -0.4 is 0 Å². The SMILES string of the molecule is C/C=C(\C)CCC.CCC. The van der Waals surface area contributed by atoms with Gasteiger partial charge in [-0.15, -0.1) is 0 Å². The van der Waals surface area contributed by atoms with E-state index in [4.69, 9.17) is 0 Å². The molecule has 0 nitrogen and oxygen atoms in total. The van der Waals surface area contributed by atoms with Crippen LogP contribution in [-0.4, -0.2) is 0 Å². The smallest absolute Gasteiger partial charge is 0.0326 e. The first-order valence-electron chi connectivity index (χ1n) is 4.34. The maximum atomic E-state index is 2.20. The van der Waals surface area contributed by atoms with E-state index in [-0.39, 0.29) is 0 Å². The van der Waals surface area contributed by atoms with E-state index in [0.717, 1.165) is 0 Å². The highest BCUT2D eigenvalue weighted by atomic mass is 13.9. The molecule has 0 aromatic heterocycles. The van der Waals surface area contributed by atoms with Crippen molar-refractivity contribution in [1.82, 2.24) is 0 Å². The van der Waals surface area contributed by atoms with Gasteiger partial charge in [0.15, 0.2) is 0 Å². The Morgan fingerprint density at radius 1 is 1.20 bits per heavy atom. The third-order valence-corrected chi connectivity index (χ3v) is 1.14. The molecule has 0 aromatic carbocycles. The molecule has 0 aliphatic rings. The summed E-state index contributed by atoms with van der Waals surface area (Å²) in [5.41, 5.74) is 1.50. The Labute approximate surface area is 66.3 Å². The Balaban J connectivity index is 0. The summed E-state index contributed by atoms with van der Waals surface area (Å²) >= 11 is 0. The molecule has 10 heavy (non-hydrogen) atoms. The van der Waals surface area contributed by atoms with Gasteiger partial charge in [0.2, 0.25) is 0 Å². The molecule has 0 atom stereocenters. The topological polar surface area (TPSA) is 0 Å². The largest absolute Gasteiger partial charge is 0.0887 e. The predicted octanol–water partition coefficient (Wildman–Crippen LogP) is 4.17. The molecule has 0 heterocycles. The predicted molar refractivity (Wildman–Crippen MR) is 50.3 cm³/mol. The minimum Gasteiger partial charge on any atom is -0.0887 e. The summed E-state index contributed by atoms with van der Waals surface area (Å²) in [5, 5.41) is 0. The van der Waals surface area contributed by atoms with E-state index < -0.39 is 0 Å². The third kappa shape index (κ3) is 15.6. The van der Waals surface area contributed by atoms with E-state index in [9.17, 15) is 0 Å². The highest BCUT2D eigenvalue weighted by molar-refractivity contribution is 4.94. The maximum absolute atomic E-state index is 2.20. The maximum Gasteiger partial charge on any atom is -0.0326 e. The van der Waals surface area contributed by atoms with Gasteiger partial charge in [0.1, 0.15) is 0 Å². The van der Waals surface area contributed by atoms with E-state index in [1.165, 1.54) is 24.8 Å². The van der Waals surface area contributed by atoms with Crippen LogP contribution in [0.15, 0.2) is 11.6 Å². The van der Waals surface area contributed by atoms with Crippen molar-refractivity contribution >= 4 is 0 Å². The van der Waals surface area contributed by atoms with Gasteiger partial charge in [0.05, 0.1) is 0 Å². The van der Waals surface area contributed by atoms with Gasteiger partial charge in [-0.2, -0.15) is 0 Å². The zero-order valence-corrected chi connectivity index (χ0v) is 8.20. The van der Waals surface area contributed by atoms with Gasteiger partial charge in [-0.1, -0.05) is 45.3 Å². The van der Waals surface area contributed by atoms with Gasteiger partial charge in [-0.25, -0.2) is 0 Å². The van der Waals surface area contributed by atoms with Gasteiger partial charge < -0.3 is 0 Å². The lowest BCUT2D eigenvalue weighted by Gasteiger charge is -1.91. The molecule has 0 N–H and O–H groups in total. The lowest BCUT2D eigenvalue weighted by Crippen LogP contribution is -1.70. The molecule has 0 aliphatic heterocycles. The average molecular weight is 142 g/mol. The van der Waals surface area contributed by atoms with Crippen molar-refractivity contribution in [2.75, 3.05) is 0 Å². The van der Waals surface area contributed by atoms with Crippen LogP contribution in [0.3, 0.4) is 0 Å². The standard InChI is InChI=1S/C7H14.C3H8/c1-4-6-7(3)5-2;1-3-2/h5H,4,6H2,1-3H3;3H2,1-2H3/b7-5+;. The van der Waals surface area contributed by atoms with Crippen molar-refractivity contribution < 1.29 is 0 Å². The molecule has 0 spiro atoms. The van der Waals surface area contributed by atoms with Crippen molar-refractivity contribution in [3.05, 3.63) is 11.6 Å². The second kappa shape index (κ2) is 11.5. The first-order chi connectivity index (χ1) is 4.72. The number of allylic oxidation sites excluding steroid dienone is 2. The number of rotatable bonds is 2. The fraction of sp³-hybridized carbons (Fsp3) is 0.800. The normalized spacial score (nSPS) is 10.3. The fourth-order valence-electron chi connectivity index (χ4n) is 0.539. The van der Waals surface area contributed by atoms with Gasteiger partial charge in [-0.3, -0.25) is 0 Å². The molecule has 62 valence electrons.